The number of pyridine rings is 1. The van der Waals surface area contributed by atoms with E-state index >= 15 is 0 Å². The number of furan rings is 1. The predicted molar refractivity (Wildman–Crippen MR) is 77.3 cm³/mol. The van der Waals surface area contributed by atoms with E-state index in [0.717, 1.165) is 5.76 Å². The van der Waals surface area contributed by atoms with Gasteiger partial charge in [-0.15, -0.1) is 0 Å². The monoisotopic (exact) mass is 286 g/mol. The molecule has 7 nitrogen and oxygen atoms in total. The molecule has 0 unspecified atom stereocenters. The van der Waals surface area contributed by atoms with E-state index in [1.54, 1.807) is 24.4 Å². The van der Waals surface area contributed by atoms with E-state index in [-0.39, 0.29) is 17.7 Å². The molecular weight excluding hydrogens is 272 g/mol. The number of aryl methyl sites for hydroxylation is 1. The highest BCUT2D eigenvalue weighted by Gasteiger charge is 2.24. The maximum absolute atomic E-state index is 11.3. The van der Waals surface area contributed by atoms with Crippen LogP contribution in [0.2, 0.25) is 0 Å². The number of nitrogens with zero attached hydrogens (tertiary/aromatic N) is 3. The highest BCUT2D eigenvalue weighted by molar-refractivity contribution is 5.62. The number of aromatic nitrogens is 2. The second-order valence-corrected chi connectivity index (χ2v) is 4.78. The van der Waals surface area contributed by atoms with Crippen LogP contribution in [0.5, 0.6) is 0 Å². The van der Waals surface area contributed by atoms with Gasteiger partial charge in [-0.1, -0.05) is 6.07 Å². The summed E-state index contributed by atoms with van der Waals surface area (Å²) in [5.41, 5.74) is 0.523. The first-order valence-electron chi connectivity index (χ1n) is 6.50. The van der Waals surface area contributed by atoms with E-state index in [0.29, 0.717) is 11.4 Å². The van der Waals surface area contributed by atoms with Gasteiger partial charge in [0, 0.05) is 6.07 Å². The largest absolute Gasteiger partial charge is 0.464 e. The van der Waals surface area contributed by atoms with Gasteiger partial charge in [-0.2, -0.15) is 9.38 Å². The van der Waals surface area contributed by atoms with Crippen molar-refractivity contribution in [1.29, 1.82) is 0 Å². The number of anilines is 1. The third-order valence-corrected chi connectivity index (χ3v) is 3.22. The zero-order chi connectivity index (χ0) is 15.0. The summed E-state index contributed by atoms with van der Waals surface area (Å²) in [5.74, 6) is 1.65. The van der Waals surface area contributed by atoms with Gasteiger partial charge in [0.15, 0.2) is 0 Å². The lowest BCUT2D eigenvalue weighted by molar-refractivity contribution is -0.389. The average molecular weight is 286 g/mol. The van der Waals surface area contributed by atoms with Gasteiger partial charge >= 0.3 is 5.82 Å². The summed E-state index contributed by atoms with van der Waals surface area (Å²) >= 11 is 0. The van der Waals surface area contributed by atoms with Gasteiger partial charge in [0.05, 0.1) is 12.2 Å². The molecule has 0 aliphatic rings. The summed E-state index contributed by atoms with van der Waals surface area (Å²) in [6.07, 6.45) is 1.62. The van der Waals surface area contributed by atoms with E-state index in [2.05, 4.69) is 10.3 Å². The van der Waals surface area contributed by atoms with Crippen LogP contribution in [0, 0.1) is 17.0 Å². The van der Waals surface area contributed by atoms with Crippen molar-refractivity contribution < 1.29 is 9.34 Å². The Morgan fingerprint density at radius 1 is 1.38 bits per heavy atom. The summed E-state index contributed by atoms with van der Waals surface area (Å²) in [4.78, 5) is 15.1. The van der Waals surface area contributed by atoms with Gasteiger partial charge in [-0.05, 0) is 37.0 Å². The minimum Gasteiger partial charge on any atom is -0.464 e. The molecule has 0 bridgehead atoms. The molecular formula is C14H14N4O3. The second kappa shape index (κ2) is 4.93. The van der Waals surface area contributed by atoms with Crippen molar-refractivity contribution in [3.63, 3.8) is 0 Å². The number of nitrogens with one attached hydrogen (secondary N) is 1. The van der Waals surface area contributed by atoms with Gasteiger partial charge < -0.3 is 19.8 Å². The first-order valence-corrected chi connectivity index (χ1v) is 6.50. The molecule has 0 aliphatic heterocycles. The van der Waals surface area contributed by atoms with Crippen LogP contribution in [0.4, 0.5) is 11.6 Å². The third-order valence-electron chi connectivity index (χ3n) is 3.22. The van der Waals surface area contributed by atoms with Crippen molar-refractivity contribution in [2.45, 2.75) is 19.9 Å². The number of hydrogen-bond acceptors (Lipinski definition) is 5. The summed E-state index contributed by atoms with van der Waals surface area (Å²) in [5, 5.41) is 14.3. The van der Waals surface area contributed by atoms with Crippen LogP contribution in [0.25, 0.3) is 5.65 Å². The highest BCUT2D eigenvalue weighted by Crippen LogP contribution is 2.29. The van der Waals surface area contributed by atoms with Crippen molar-refractivity contribution in [3.05, 3.63) is 58.2 Å². The Hall–Kier alpha value is -2.83. The average Bonchev–Trinajstić information content (AvgIpc) is 3.01. The van der Waals surface area contributed by atoms with E-state index in [4.69, 9.17) is 4.42 Å². The molecule has 0 saturated carbocycles. The minimum absolute atomic E-state index is 0.0827. The van der Waals surface area contributed by atoms with Gasteiger partial charge in [-0.25, -0.2) is 0 Å². The molecule has 7 heteroatoms. The first kappa shape index (κ1) is 13.2. The predicted octanol–water partition coefficient (Wildman–Crippen LogP) is 3.32. The van der Waals surface area contributed by atoms with Crippen LogP contribution in [-0.4, -0.2) is 14.3 Å². The Morgan fingerprint density at radius 2 is 2.19 bits per heavy atom. The maximum atomic E-state index is 11.3. The van der Waals surface area contributed by atoms with Crippen LogP contribution in [-0.2, 0) is 0 Å². The molecule has 3 rings (SSSR count). The van der Waals surface area contributed by atoms with Crippen LogP contribution in [0.15, 0.2) is 40.9 Å². The molecule has 1 N–H and O–H groups in total. The van der Waals surface area contributed by atoms with Gasteiger partial charge in [0.25, 0.3) is 0 Å². The smallest absolute Gasteiger partial charge is 0.372 e. The lowest BCUT2D eigenvalue weighted by atomic mass is 10.2. The highest BCUT2D eigenvalue weighted by atomic mass is 16.6. The fourth-order valence-corrected chi connectivity index (χ4v) is 2.22. The van der Waals surface area contributed by atoms with Gasteiger partial charge in [0.2, 0.25) is 11.5 Å². The molecule has 0 fully saturated rings. The van der Waals surface area contributed by atoms with E-state index < -0.39 is 4.92 Å². The van der Waals surface area contributed by atoms with Crippen molar-refractivity contribution in [1.82, 2.24) is 9.38 Å². The Labute approximate surface area is 120 Å². The quantitative estimate of drug-likeness (QED) is 0.587. The Kier molecular flexibility index (Phi) is 3.09. The number of imidazole rings is 1. The summed E-state index contributed by atoms with van der Waals surface area (Å²) in [6.45, 7) is 3.72. The molecule has 0 aliphatic carbocycles. The fourth-order valence-electron chi connectivity index (χ4n) is 2.22. The molecule has 3 aromatic heterocycles. The second-order valence-electron chi connectivity index (χ2n) is 4.78. The Bertz CT molecular complexity index is 806. The number of nitro groups is 1. The lowest BCUT2D eigenvalue weighted by Gasteiger charge is -2.10. The number of rotatable bonds is 4. The zero-order valence-electron chi connectivity index (χ0n) is 11.6. The molecule has 0 radical (unpaired) electrons. The summed E-state index contributed by atoms with van der Waals surface area (Å²) in [6, 6.07) is 8.71. The topological polar surface area (TPSA) is 85.6 Å². The summed E-state index contributed by atoms with van der Waals surface area (Å²) in [7, 11) is 0. The van der Waals surface area contributed by atoms with E-state index in [1.165, 1.54) is 4.40 Å². The van der Waals surface area contributed by atoms with E-state index in [1.807, 2.05) is 26.0 Å². The van der Waals surface area contributed by atoms with Crippen molar-refractivity contribution in [2.75, 3.05) is 5.32 Å². The van der Waals surface area contributed by atoms with Gasteiger partial charge in [-0.3, -0.25) is 0 Å². The van der Waals surface area contributed by atoms with Gasteiger partial charge in [0.1, 0.15) is 11.5 Å². The summed E-state index contributed by atoms with van der Waals surface area (Å²) < 4.78 is 6.97. The molecule has 0 spiro atoms. The van der Waals surface area contributed by atoms with Crippen molar-refractivity contribution in [3.8, 4) is 0 Å². The third kappa shape index (κ3) is 2.33. The molecule has 21 heavy (non-hydrogen) atoms. The molecule has 3 heterocycles. The molecule has 0 saturated heterocycles. The van der Waals surface area contributed by atoms with Crippen LogP contribution >= 0.6 is 0 Å². The first-order chi connectivity index (χ1) is 10.1. The van der Waals surface area contributed by atoms with Crippen LogP contribution in [0.1, 0.15) is 24.5 Å². The standard InChI is InChI=1S/C14H14N4O3/c1-9-6-7-11(21-9)10(2)15-13-14(18(19)20)17-8-4-3-5-12(17)16-13/h3-8,10,15H,1-2H3/t10-/m0/s1. The Morgan fingerprint density at radius 3 is 2.86 bits per heavy atom. The molecule has 0 aromatic carbocycles. The van der Waals surface area contributed by atoms with Crippen molar-refractivity contribution >= 4 is 17.3 Å². The maximum Gasteiger partial charge on any atom is 0.372 e. The molecule has 3 aromatic rings. The Balaban J connectivity index is 2.00. The SMILES string of the molecule is Cc1ccc([C@H](C)Nc2nc3ccccn3c2[N+](=O)[O-])o1. The normalized spacial score (nSPS) is 12.5. The van der Waals surface area contributed by atoms with Crippen LogP contribution < -0.4 is 5.32 Å². The van der Waals surface area contributed by atoms with Crippen LogP contribution in [0.3, 0.4) is 0 Å². The fraction of sp³-hybridized carbons (Fsp3) is 0.214. The number of fused-ring (bicyclic) bond motifs is 1. The lowest BCUT2D eigenvalue weighted by Crippen LogP contribution is -2.08. The zero-order valence-corrected chi connectivity index (χ0v) is 11.6. The molecule has 0 amide bonds. The number of hydrogen-bond donors (Lipinski definition) is 1. The molecule has 1 atom stereocenters. The molecule has 108 valence electrons. The minimum atomic E-state index is -0.442. The van der Waals surface area contributed by atoms with E-state index in [9.17, 15) is 10.1 Å². The van der Waals surface area contributed by atoms with Crippen molar-refractivity contribution in [2.24, 2.45) is 0 Å².